The van der Waals surface area contributed by atoms with E-state index in [0.29, 0.717) is 12.2 Å². The Morgan fingerprint density at radius 1 is 1.60 bits per heavy atom. The molecule has 1 rings (SSSR count). The highest BCUT2D eigenvalue weighted by atomic mass is 32.1. The quantitative estimate of drug-likeness (QED) is 0.580. The van der Waals surface area contributed by atoms with Crippen molar-refractivity contribution in [3.8, 4) is 0 Å². The highest BCUT2D eigenvalue weighted by Crippen LogP contribution is 1.82. The highest BCUT2D eigenvalue weighted by molar-refractivity contribution is 7.71. The topological polar surface area (TPSA) is 61.5 Å². The highest BCUT2D eigenvalue weighted by Gasteiger charge is 1.90. The van der Waals surface area contributed by atoms with Gasteiger partial charge in [-0.3, -0.25) is 9.97 Å². The van der Waals surface area contributed by atoms with Crippen LogP contribution in [0.3, 0.4) is 0 Å². The largest absolute Gasteiger partial charge is 0.326 e. The molecule has 0 bridgehead atoms. The Labute approximate surface area is 62.3 Å². The SMILES string of the molecule is CCc1nc(=S)[nH]c(=O)[nH]1. The van der Waals surface area contributed by atoms with Crippen molar-refractivity contribution < 1.29 is 0 Å². The van der Waals surface area contributed by atoms with Gasteiger partial charge in [-0.15, -0.1) is 0 Å². The van der Waals surface area contributed by atoms with Crippen LogP contribution >= 0.6 is 12.2 Å². The fourth-order valence-electron chi connectivity index (χ4n) is 0.605. The molecule has 54 valence electrons. The van der Waals surface area contributed by atoms with Gasteiger partial charge in [0.15, 0.2) is 0 Å². The molecule has 0 aliphatic heterocycles. The lowest BCUT2D eigenvalue weighted by molar-refractivity contribution is 0.854. The molecule has 1 heterocycles. The second kappa shape index (κ2) is 2.74. The van der Waals surface area contributed by atoms with Crippen LogP contribution in [-0.4, -0.2) is 15.0 Å². The van der Waals surface area contributed by atoms with E-state index < -0.39 is 0 Å². The first kappa shape index (κ1) is 7.14. The molecule has 0 aromatic carbocycles. The maximum absolute atomic E-state index is 10.7. The van der Waals surface area contributed by atoms with E-state index in [2.05, 4.69) is 27.2 Å². The summed E-state index contributed by atoms with van der Waals surface area (Å²) in [5, 5.41) is 0. The van der Waals surface area contributed by atoms with Crippen molar-refractivity contribution in [3.63, 3.8) is 0 Å². The van der Waals surface area contributed by atoms with Crippen LogP contribution in [0, 0.1) is 4.77 Å². The Hall–Kier alpha value is -0.970. The first-order valence-corrected chi connectivity index (χ1v) is 3.32. The van der Waals surface area contributed by atoms with Gasteiger partial charge in [-0.1, -0.05) is 6.92 Å². The number of nitrogens with one attached hydrogen (secondary N) is 2. The number of hydrogen-bond donors (Lipinski definition) is 2. The van der Waals surface area contributed by atoms with Crippen LogP contribution in [0.4, 0.5) is 0 Å². The summed E-state index contributed by atoms with van der Waals surface area (Å²) in [4.78, 5) is 19.4. The van der Waals surface area contributed by atoms with Crippen LogP contribution < -0.4 is 5.69 Å². The van der Waals surface area contributed by atoms with Crippen LogP contribution in [0.1, 0.15) is 12.7 Å². The molecule has 0 aliphatic carbocycles. The van der Waals surface area contributed by atoms with Gasteiger partial charge >= 0.3 is 5.69 Å². The summed E-state index contributed by atoms with van der Waals surface area (Å²) in [5.41, 5.74) is -0.295. The van der Waals surface area contributed by atoms with Crippen molar-refractivity contribution in [2.45, 2.75) is 13.3 Å². The molecule has 0 saturated heterocycles. The summed E-state index contributed by atoms with van der Waals surface area (Å²) in [5.74, 6) is 0.619. The van der Waals surface area contributed by atoms with Gasteiger partial charge in [0.05, 0.1) is 0 Å². The van der Waals surface area contributed by atoms with Crippen molar-refractivity contribution in [3.05, 3.63) is 21.1 Å². The number of aromatic amines is 2. The van der Waals surface area contributed by atoms with Crippen molar-refractivity contribution in [1.82, 2.24) is 15.0 Å². The summed E-state index contributed by atoms with van der Waals surface area (Å²) in [6, 6.07) is 0. The third-order valence-electron chi connectivity index (χ3n) is 1.05. The van der Waals surface area contributed by atoms with Crippen LogP contribution in [0.15, 0.2) is 4.79 Å². The van der Waals surface area contributed by atoms with Crippen molar-refractivity contribution in [2.75, 3.05) is 0 Å². The molecule has 0 unspecified atom stereocenters. The molecule has 0 aliphatic rings. The molecule has 0 amide bonds. The molecule has 1 aromatic heterocycles. The van der Waals surface area contributed by atoms with E-state index in [1.807, 2.05) is 6.92 Å². The summed E-state index contributed by atoms with van der Waals surface area (Å²) < 4.78 is 0.237. The molecule has 0 atom stereocenters. The van der Waals surface area contributed by atoms with Gasteiger partial charge in [0.1, 0.15) is 5.82 Å². The van der Waals surface area contributed by atoms with Crippen LogP contribution in [0.2, 0.25) is 0 Å². The predicted molar refractivity (Wildman–Crippen MR) is 39.4 cm³/mol. The minimum atomic E-state index is -0.295. The Morgan fingerprint density at radius 3 is 2.80 bits per heavy atom. The fourth-order valence-corrected chi connectivity index (χ4v) is 0.808. The third kappa shape index (κ3) is 1.51. The van der Waals surface area contributed by atoms with E-state index in [1.54, 1.807) is 0 Å². The van der Waals surface area contributed by atoms with Crippen LogP contribution in [-0.2, 0) is 6.42 Å². The smallest absolute Gasteiger partial charge is 0.295 e. The van der Waals surface area contributed by atoms with Gasteiger partial charge in [0, 0.05) is 6.42 Å². The summed E-state index contributed by atoms with van der Waals surface area (Å²) >= 11 is 4.67. The Balaban J connectivity index is 3.33. The van der Waals surface area contributed by atoms with E-state index in [4.69, 9.17) is 0 Å². The minimum absolute atomic E-state index is 0.237. The van der Waals surface area contributed by atoms with Gasteiger partial charge in [-0.05, 0) is 12.2 Å². The van der Waals surface area contributed by atoms with E-state index in [9.17, 15) is 4.79 Å². The Kier molecular flexibility index (Phi) is 1.96. The molecule has 1 aromatic rings. The molecular weight excluding hydrogens is 150 g/mol. The first-order chi connectivity index (χ1) is 4.72. The molecule has 5 heteroatoms. The summed E-state index contributed by atoms with van der Waals surface area (Å²) in [7, 11) is 0. The number of rotatable bonds is 1. The van der Waals surface area contributed by atoms with Crippen molar-refractivity contribution in [1.29, 1.82) is 0 Å². The zero-order chi connectivity index (χ0) is 7.56. The summed E-state index contributed by atoms with van der Waals surface area (Å²) in [6.07, 6.45) is 0.688. The first-order valence-electron chi connectivity index (χ1n) is 2.92. The molecule has 2 N–H and O–H groups in total. The molecule has 10 heavy (non-hydrogen) atoms. The zero-order valence-corrected chi connectivity index (χ0v) is 6.29. The normalized spacial score (nSPS) is 9.70. The van der Waals surface area contributed by atoms with Gasteiger partial charge in [-0.2, -0.15) is 0 Å². The Morgan fingerprint density at radius 2 is 2.30 bits per heavy atom. The number of nitrogens with zero attached hydrogens (tertiary/aromatic N) is 1. The maximum atomic E-state index is 10.7. The number of hydrogen-bond acceptors (Lipinski definition) is 3. The number of aromatic nitrogens is 3. The van der Waals surface area contributed by atoms with Gasteiger partial charge in [0.2, 0.25) is 4.77 Å². The van der Waals surface area contributed by atoms with Crippen LogP contribution in [0.5, 0.6) is 0 Å². The average Bonchev–Trinajstić information content (AvgIpc) is 1.85. The van der Waals surface area contributed by atoms with E-state index in [1.165, 1.54) is 0 Å². The lowest BCUT2D eigenvalue weighted by atomic mass is 10.5. The maximum Gasteiger partial charge on any atom is 0.326 e. The van der Waals surface area contributed by atoms with Gasteiger partial charge in [0.25, 0.3) is 0 Å². The zero-order valence-electron chi connectivity index (χ0n) is 5.47. The van der Waals surface area contributed by atoms with E-state index >= 15 is 0 Å². The average molecular weight is 157 g/mol. The van der Waals surface area contributed by atoms with E-state index in [0.717, 1.165) is 0 Å². The molecule has 4 nitrogen and oxygen atoms in total. The van der Waals surface area contributed by atoms with E-state index in [-0.39, 0.29) is 10.5 Å². The standard InChI is InChI=1S/C5H7N3OS/c1-2-3-6-4(9)8-5(10)7-3/h2H2,1H3,(H2,6,7,8,9,10). The lowest BCUT2D eigenvalue weighted by Gasteiger charge is -1.91. The molecule has 0 fully saturated rings. The minimum Gasteiger partial charge on any atom is -0.295 e. The predicted octanol–water partition coefficient (Wildman–Crippen LogP) is 0.390. The molecule has 0 spiro atoms. The molecule has 0 radical (unpaired) electrons. The summed E-state index contributed by atoms with van der Waals surface area (Å²) in [6.45, 7) is 1.90. The Bertz CT molecular complexity index is 298. The number of H-pyrrole nitrogens is 2. The van der Waals surface area contributed by atoms with Crippen molar-refractivity contribution >= 4 is 12.2 Å². The fraction of sp³-hybridized carbons (Fsp3) is 0.400. The second-order valence-corrected chi connectivity index (χ2v) is 2.18. The molecule has 0 saturated carbocycles. The lowest BCUT2D eigenvalue weighted by Crippen LogP contribution is -2.14. The second-order valence-electron chi connectivity index (χ2n) is 1.80. The van der Waals surface area contributed by atoms with Crippen LogP contribution in [0.25, 0.3) is 0 Å². The number of aryl methyl sites for hydroxylation is 1. The van der Waals surface area contributed by atoms with Gasteiger partial charge in [-0.25, -0.2) is 9.78 Å². The van der Waals surface area contributed by atoms with Crippen molar-refractivity contribution in [2.24, 2.45) is 0 Å². The molecular formula is C5H7N3OS. The van der Waals surface area contributed by atoms with Gasteiger partial charge < -0.3 is 0 Å². The monoisotopic (exact) mass is 157 g/mol. The third-order valence-corrected chi connectivity index (χ3v) is 1.24.